The summed E-state index contributed by atoms with van der Waals surface area (Å²) in [6, 6.07) is 9.38. The minimum Gasteiger partial charge on any atom is -0.507 e. The highest BCUT2D eigenvalue weighted by atomic mass is 35.5. The Kier molecular flexibility index (Phi) is 6.14. The summed E-state index contributed by atoms with van der Waals surface area (Å²) in [5, 5.41) is 20.7. The molecule has 2 aromatic heterocycles. The van der Waals surface area contributed by atoms with Crippen LogP contribution < -0.4 is 10.6 Å². The van der Waals surface area contributed by atoms with Crippen LogP contribution in [0.1, 0.15) is 55.1 Å². The van der Waals surface area contributed by atoms with Gasteiger partial charge < -0.3 is 15.7 Å². The van der Waals surface area contributed by atoms with Crippen LogP contribution in [0.4, 0.5) is 10.5 Å². The second-order valence-electron chi connectivity index (χ2n) is 8.13. The van der Waals surface area contributed by atoms with Gasteiger partial charge in [-0.2, -0.15) is 9.78 Å². The predicted molar refractivity (Wildman–Crippen MR) is 122 cm³/mol. The fourth-order valence-corrected chi connectivity index (χ4v) is 3.77. The van der Waals surface area contributed by atoms with E-state index in [9.17, 15) is 14.7 Å². The molecule has 0 spiro atoms. The number of nitrogens with one attached hydrogen (secondary N) is 2. The zero-order chi connectivity index (χ0) is 22.8. The average Bonchev–Trinajstić information content (AvgIpc) is 3.12. The number of hydrogen-bond donors (Lipinski definition) is 3. The number of anilines is 1. The van der Waals surface area contributed by atoms with E-state index in [1.165, 1.54) is 16.9 Å². The van der Waals surface area contributed by atoms with E-state index in [1.807, 2.05) is 19.9 Å². The summed E-state index contributed by atoms with van der Waals surface area (Å²) in [6.07, 6.45) is 4.60. The quantitative estimate of drug-likeness (QED) is 0.380. The van der Waals surface area contributed by atoms with Gasteiger partial charge in [-0.05, 0) is 63.1 Å². The summed E-state index contributed by atoms with van der Waals surface area (Å²) < 4.78 is 1.39. The second kappa shape index (κ2) is 9.00. The third-order valence-corrected chi connectivity index (χ3v) is 5.70. The van der Waals surface area contributed by atoms with E-state index >= 15 is 0 Å². The molecule has 0 bridgehead atoms. The number of aromatic nitrogens is 3. The molecule has 0 atom stereocenters. The summed E-state index contributed by atoms with van der Waals surface area (Å²) in [5.74, 6) is -0.167. The zero-order valence-electron chi connectivity index (χ0n) is 17.8. The van der Waals surface area contributed by atoms with Crippen LogP contribution >= 0.6 is 11.6 Å². The Morgan fingerprint density at radius 3 is 2.66 bits per heavy atom. The maximum atomic E-state index is 12.7. The van der Waals surface area contributed by atoms with Crippen molar-refractivity contribution in [1.82, 2.24) is 20.1 Å². The second-order valence-corrected chi connectivity index (χ2v) is 8.48. The zero-order valence-corrected chi connectivity index (χ0v) is 18.6. The molecular weight excluding hydrogens is 430 g/mol. The first-order valence-corrected chi connectivity index (χ1v) is 10.9. The molecule has 0 unspecified atom stereocenters. The Hall–Kier alpha value is -3.39. The van der Waals surface area contributed by atoms with Crippen molar-refractivity contribution in [2.75, 3.05) is 5.32 Å². The number of rotatable bonds is 5. The van der Waals surface area contributed by atoms with E-state index in [-0.39, 0.29) is 34.5 Å². The van der Waals surface area contributed by atoms with Gasteiger partial charge in [-0.1, -0.05) is 18.0 Å². The molecule has 4 rings (SSSR count). The first-order valence-electron chi connectivity index (χ1n) is 10.5. The topological polar surface area (TPSA) is 109 Å². The van der Waals surface area contributed by atoms with E-state index in [1.54, 1.807) is 24.3 Å². The molecule has 32 heavy (non-hydrogen) atoms. The fraction of sp³-hybridized carbons (Fsp3) is 0.304. The van der Waals surface area contributed by atoms with Crippen LogP contribution in [0.5, 0.6) is 5.75 Å². The van der Waals surface area contributed by atoms with E-state index < -0.39 is 5.91 Å². The highest BCUT2D eigenvalue weighted by Crippen LogP contribution is 2.39. The summed E-state index contributed by atoms with van der Waals surface area (Å²) >= 11 is 6.01. The van der Waals surface area contributed by atoms with Crippen LogP contribution in [0.3, 0.4) is 0 Å². The maximum Gasteiger partial charge on any atom is 0.342 e. The number of phenolic OH excluding ortho intramolecular Hbond substituents is 1. The van der Waals surface area contributed by atoms with Gasteiger partial charge in [0.1, 0.15) is 10.9 Å². The van der Waals surface area contributed by atoms with E-state index in [0.29, 0.717) is 16.9 Å². The molecule has 0 aliphatic heterocycles. The van der Waals surface area contributed by atoms with Crippen molar-refractivity contribution in [2.24, 2.45) is 0 Å². The minimum absolute atomic E-state index is 0.00325. The van der Waals surface area contributed by atoms with Gasteiger partial charge in [0.05, 0.1) is 17.0 Å². The number of carbonyl (C=O) groups is 2. The predicted octanol–water partition coefficient (Wildman–Crippen LogP) is 4.79. The lowest BCUT2D eigenvalue weighted by Gasteiger charge is -2.25. The molecule has 2 amide bonds. The Bertz CT molecular complexity index is 1170. The molecule has 9 heteroatoms. The fourth-order valence-electron chi connectivity index (χ4n) is 3.57. The van der Waals surface area contributed by atoms with Gasteiger partial charge in [-0.15, -0.1) is 0 Å². The van der Waals surface area contributed by atoms with Crippen LogP contribution in [0, 0.1) is 0 Å². The van der Waals surface area contributed by atoms with Gasteiger partial charge in [0.2, 0.25) is 0 Å². The van der Waals surface area contributed by atoms with Gasteiger partial charge in [0.25, 0.3) is 5.91 Å². The van der Waals surface area contributed by atoms with Crippen LogP contribution in [-0.4, -0.2) is 37.9 Å². The standard InChI is InChI=1S/C23H24ClN5O3/c1-13(2)26-23(32)29-19(14-5-3-6-14)12-18(28-29)17-11-15(8-9-20(17)30)27-22(31)16-7-4-10-25-21(16)24/h4,7-14,30H,3,5-6H2,1-2H3,(H,26,32)(H,27,31). The normalized spacial score (nSPS) is 13.6. The Labute approximate surface area is 190 Å². The molecule has 166 valence electrons. The molecule has 1 saturated carbocycles. The lowest BCUT2D eigenvalue weighted by molar-refractivity contribution is 0.102. The van der Waals surface area contributed by atoms with Crippen LogP contribution in [-0.2, 0) is 0 Å². The highest BCUT2D eigenvalue weighted by Gasteiger charge is 2.28. The van der Waals surface area contributed by atoms with Crippen LogP contribution in [0.2, 0.25) is 5.15 Å². The summed E-state index contributed by atoms with van der Waals surface area (Å²) in [6.45, 7) is 3.77. The molecule has 1 aromatic carbocycles. The first-order chi connectivity index (χ1) is 15.3. The van der Waals surface area contributed by atoms with Gasteiger partial charge in [-0.25, -0.2) is 9.78 Å². The van der Waals surface area contributed by atoms with Crippen molar-refractivity contribution >= 4 is 29.2 Å². The largest absolute Gasteiger partial charge is 0.507 e. The smallest absolute Gasteiger partial charge is 0.342 e. The van der Waals surface area contributed by atoms with Gasteiger partial charge in [0.15, 0.2) is 0 Å². The van der Waals surface area contributed by atoms with E-state index in [4.69, 9.17) is 11.6 Å². The minimum atomic E-state index is -0.420. The highest BCUT2D eigenvalue weighted by molar-refractivity contribution is 6.33. The average molecular weight is 454 g/mol. The lowest BCUT2D eigenvalue weighted by Crippen LogP contribution is -2.36. The number of phenols is 1. The maximum absolute atomic E-state index is 12.7. The SMILES string of the molecule is CC(C)NC(=O)n1nc(-c2cc(NC(=O)c3cccnc3Cl)ccc2O)cc1C1CCC1. The molecule has 1 aliphatic carbocycles. The third kappa shape index (κ3) is 4.45. The number of benzene rings is 1. The van der Waals surface area contributed by atoms with Crippen molar-refractivity contribution < 1.29 is 14.7 Å². The molecule has 2 heterocycles. The number of amides is 2. The third-order valence-electron chi connectivity index (χ3n) is 5.40. The molecule has 1 fully saturated rings. The van der Waals surface area contributed by atoms with Crippen molar-refractivity contribution in [2.45, 2.75) is 45.1 Å². The molecule has 1 aliphatic rings. The van der Waals surface area contributed by atoms with Crippen molar-refractivity contribution in [3.8, 4) is 17.0 Å². The number of aromatic hydroxyl groups is 1. The van der Waals surface area contributed by atoms with Gasteiger partial charge >= 0.3 is 6.03 Å². The summed E-state index contributed by atoms with van der Waals surface area (Å²) in [7, 11) is 0. The number of carbonyl (C=O) groups excluding carboxylic acids is 2. The number of pyridine rings is 1. The van der Waals surface area contributed by atoms with Crippen LogP contribution in [0.15, 0.2) is 42.6 Å². The lowest BCUT2D eigenvalue weighted by atomic mass is 9.82. The Morgan fingerprint density at radius 2 is 2.00 bits per heavy atom. The molecular formula is C23H24ClN5O3. The summed E-state index contributed by atoms with van der Waals surface area (Å²) in [4.78, 5) is 29.2. The molecule has 0 saturated heterocycles. The number of halogens is 1. The van der Waals surface area contributed by atoms with Gasteiger partial charge in [-0.3, -0.25) is 4.79 Å². The van der Waals surface area contributed by atoms with Crippen LogP contribution in [0.25, 0.3) is 11.3 Å². The molecule has 8 nitrogen and oxygen atoms in total. The number of hydrogen-bond acceptors (Lipinski definition) is 5. The summed E-state index contributed by atoms with van der Waals surface area (Å²) in [5.41, 5.74) is 2.38. The Morgan fingerprint density at radius 1 is 1.22 bits per heavy atom. The van der Waals surface area contributed by atoms with E-state index in [0.717, 1.165) is 25.0 Å². The van der Waals surface area contributed by atoms with E-state index in [2.05, 4.69) is 20.7 Å². The molecule has 0 radical (unpaired) electrons. The van der Waals surface area contributed by atoms with Crippen molar-refractivity contribution in [1.29, 1.82) is 0 Å². The number of nitrogens with zero attached hydrogens (tertiary/aromatic N) is 3. The van der Waals surface area contributed by atoms with Crippen molar-refractivity contribution in [3.63, 3.8) is 0 Å². The monoisotopic (exact) mass is 453 g/mol. The first kappa shape index (κ1) is 21.8. The van der Waals surface area contributed by atoms with Gasteiger partial charge in [0, 0.05) is 29.4 Å². The molecule has 3 N–H and O–H groups in total. The molecule has 3 aromatic rings. The Balaban J connectivity index is 1.66. The van der Waals surface area contributed by atoms with Crippen molar-refractivity contribution in [3.05, 3.63) is 59.0 Å².